The van der Waals surface area contributed by atoms with Gasteiger partial charge in [0.15, 0.2) is 0 Å². The number of carboxylic acid groups (broad SMARTS) is 1. The lowest BCUT2D eigenvalue weighted by Crippen LogP contribution is -2.53. The topological polar surface area (TPSA) is 72.9 Å². The fraction of sp³-hybridized carbons (Fsp3) is 0.867. The van der Waals surface area contributed by atoms with Crippen molar-refractivity contribution in [3.63, 3.8) is 0 Å². The molecule has 1 aliphatic carbocycles. The van der Waals surface area contributed by atoms with E-state index in [0.717, 1.165) is 6.54 Å². The number of carbonyl (C=O) groups is 2. The first kappa shape index (κ1) is 16.1. The van der Waals surface area contributed by atoms with E-state index in [0.29, 0.717) is 38.0 Å². The van der Waals surface area contributed by atoms with E-state index in [2.05, 4.69) is 12.2 Å². The van der Waals surface area contributed by atoms with Gasteiger partial charge in [0.2, 0.25) is 0 Å². The highest BCUT2D eigenvalue weighted by Crippen LogP contribution is 2.28. The Kier molecular flexibility index (Phi) is 5.85. The van der Waals surface area contributed by atoms with Crippen LogP contribution in [0.1, 0.15) is 32.6 Å². The van der Waals surface area contributed by atoms with Crippen LogP contribution in [0.15, 0.2) is 0 Å². The standard InChI is InChI=1S/C15H27N3O3/c1-12-4-2-3-5-13(12)10-16-15(21)18-8-6-17(7-9-18)11-14(19)20/h12-13H,2-11H2,1H3,(H,16,21)(H,19,20). The molecule has 2 aliphatic rings. The van der Waals surface area contributed by atoms with Crippen molar-refractivity contribution < 1.29 is 14.7 Å². The second kappa shape index (κ2) is 7.64. The van der Waals surface area contributed by atoms with E-state index in [-0.39, 0.29) is 12.6 Å². The van der Waals surface area contributed by atoms with Gasteiger partial charge in [-0.2, -0.15) is 0 Å². The molecule has 2 fully saturated rings. The van der Waals surface area contributed by atoms with E-state index < -0.39 is 5.97 Å². The maximum atomic E-state index is 12.2. The Morgan fingerprint density at radius 2 is 1.81 bits per heavy atom. The van der Waals surface area contributed by atoms with Crippen LogP contribution in [0.2, 0.25) is 0 Å². The monoisotopic (exact) mass is 297 g/mol. The van der Waals surface area contributed by atoms with E-state index in [1.54, 1.807) is 4.90 Å². The SMILES string of the molecule is CC1CCCCC1CNC(=O)N1CCN(CC(=O)O)CC1. The van der Waals surface area contributed by atoms with E-state index >= 15 is 0 Å². The Labute approximate surface area is 126 Å². The van der Waals surface area contributed by atoms with Crippen molar-refractivity contribution in [2.45, 2.75) is 32.6 Å². The largest absolute Gasteiger partial charge is 0.480 e. The average molecular weight is 297 g/mol. The summed E-state index contributed by atoms with van der Waals surface area (Å²) in [6, 6.07) is 0.00254. The van der Waals surface area contributed by atoms with Gasteiger partial charge in [-0.25, -0.2) is 4.79 Å². The van der Waals surface area contributed by atoms with Crippen molar-refractivity contribution >= 4 is 12.0 Å². The van der Waals surface area contributed by atoms with Crippen molar-refractivity contribution in [2.75, 3.05) is 39.3 Å². The van der Waals surface area contributed by atoms with Crippen molar-refractivity contribution in [2.24, 2.45) is 11.8 Å². The minimum absolute atomic E-state index is 0.00254. The normalized spacial score (nSPS) is 27.4. The van der Waals surface area contributed by atoms with Gasteiger partial charge in [-0.05, 0) is 18.3 Å². The molecule has 0 bridgehead atoms. The molecule has 21 heavy (non-hydrogen) atoms. The van der Waals surface area contributed by atoms with Gasteiger partial charge in [-0.3, -0.25) is 9.69 Å². The Balaban J connectivity index is 1.68. The van der Waals surface area contributed by atoms with Crippen LogP contribution in [0.5, 0.6) is 0 Å². The molecule has 6 heteroatoms. The number of hydrogen-bond donors (Lipinski definition) is 2. The number of nitrogens with one attached hydrogen (secondary N) is 1. The molecule has 0 aromatic rings. The first-order chi connectivity index (χ1) is 10.1. The van der Waals surface area contributed by atoms with E-state index in [1.807, 2.05) is 4.90 Å². The average Bonchev–Trinajstić information content (AvgIpc) is 2.46. The van der Waals surface area contributed by atoms with Crippen molar-refractivity contribution in [3.05, 3.63) is 0 Å². The number of carboxylic acids is 1. The van der Waals surface area contributed by atoms with Crippen LogP contribution >= 0.6 is 0 Å². The van der Waals surface area contributed by atoms with Crippen LogP contribution in [0.4, 0.5) is 4.79 Å². The van der Waals surface area contributed by atoms with Crippen LogP contribution in [0, 0.1) is 11.8 Å². The number of aliphatic carboxylic acids is 1. The fourth-order valence-corrected chi connectivity index (χ4v) is 3.33. The maximum Gasteiger partial charge on any atom is 0.317 e. The van der Waals surface area contributed by atoms with Gasteiger partial charge in [-0.1, -0.05) is 26.2 Å². The molecule has 1 saturated heterocycles. The van der Waals surface area contributed by atoms with Gasteiger partial charge in [-0.15, -0.1) is 0 Å². The van der Waals surface area contributed by atoms with Crippen molar-refractivity contribution in [3.8, 4) is 0 Å². The smallest absolute Gasteiger partial charge is 0.317 e. The number of piperazine rings is 1. The first-order valence-electron chi connectivity index (χ1n) is 8.03. The molecule has 0 radical (unpaired) electrons. The number of hydrogen-bond acceptors (Lipinski definition) is 3. The van der Waals surface area contributed by atoms with Crippen LogP contribution < -0.4 is 5.32 Å². The van der Waals surface area contributed by atoms with Gasteiger partial charge in [0.1, 0.15) is 0 Å². The number of rotatable bonds is 4. The molecular weight excluding hydrogens is 270 g/mol. The molecule has 2 unspecified atom stereocenters. The van der Waals surface area contributed by atoms with Crippen molar-refractivity contribution in [1.29, 1.82) is 0 Å². The summed E-state index contributed by atoms with van der Waals surface area (Å²) in [5.41, 5.74) is 0. The third kappa shape index (κ3) is 4.88. The van der Waals surface area contributed by atoms with Gasteiger partial charge >= 0.3 is 12.0 Å². The lowest BCUT2D eigenvalue weighted by atomic mass is 9.80. The van der Waals surface area contributed by atoms with Gasteiger partial charge in [0.25, 0.3) is 0 Å². The fourth-order valence-electron chi connectivity index (χ4n) is 3.33. The van der Waals surface area contributed by atoms with Crippen LogP contribution in [0.25, 0.3) is 0 Å². The number of nitrogens with zero attached hydrogens (tertiary/aromatic N) is 2. The van der Waals surface area contributed by atoms with E-state index in [1.165, 1.54) is 25.7 Å². The molecule has 2 rings (SSSR count). The third-order valence-electron chi connectivity index (χ3n) is 4.82. The number of amides is 2. The highest BCUT2D eigenvalue weighted by Gasteiger charge is 2.25. The lowest BCUT2D eigenvalue weighted by Gasteiger charge is -2.35. The van der Waals surface area contributed by atoms with Crippen LogP contribution in [-0.2, 0) is 4.79 Å². The molecule has 1 aliphatic heterocycles. The van der Waals surface area contributed by atoms with E-state index in [4.69, 9.17) is 5.11 Å². The zero-order chi connectivity index (χ0) is 15.2. The highest BCUT2D eigenvalue weighted by molar-refractivity contribution is 5.74. The first-order valence-corrected chi connectivity index (χ1v) is 8.03. The zero-order valence-electron chi connectivity index (χ0n) is 12.9. The molecule has 6 nitrogen and oxygen atoms in total. The summed E-state index contributed by atoms with van der Waals surface area (Å²) >= 11 is 0. The molecular formula is C15H27N3O3. The second-order valence-corrected chi connectivity index (χ2v) is 6.36. The summed E-state index contributed by atoms with van der Waals surface area (Å²) in [5, 5.41) is 11.8. The number of urea groups is 1. The Morgan fingerprint density at radius 1 is 1.14 bits per heavy atom. The lowest BCUT2D eigenvalue weighted by molar-refractivity contribution is -0.138. The molecule has 2 N–H and O–H groups in total. The molecule has 2 amide bonds. The number of carbonyl (C=O) groups excluding carboxylic acids is 1. The molecule has 0 aromatic heterocycles. The summed E-state index contributed by atoms with van der Waals surface area (Å²) in [5.74, 6) is 0.502. The Bertz CT molecular complexity index is 367. The highest BCUT2D eigenvalue weighted by atomic mass is 16.4. The van der Waals surface area contributed by atoms with Crippen molar-refractivity contribution in [1.82, 2.24) is 15.1 Å². The molecule has 0 aromatic carbocycles. The predicted molar refractivity (Wildman–Crippen MR) is 80.2 cm³/mol. The molecule has 0 spiro atoms. The quantitative estimate of drug-likeness (QED) is 0.818. The van der Waals surface area contributed by atoms with Crippen LogP contribution in [0.3, 0.4) is 0 Å². The Hall–Kier alpha value is -1.30. The van der Waals surface area contributed by atoms with Crippen LogP contribution in [-0.4, -0.2) is 66.2 Å². The molecule has 1 saturated carbocycles. The summed E-state index contributed by atoms with van der Waals surface area (Å²) in [6.07, 6.45) is 5.08. The molecule has 120 valence electrons. The zero-order valence-corrected chi connectivity index (χ0v) is 12.9. The van der Waals surface area contributed by atoms with Gasteiger partial charge < -0.3 is 15.3 Å². The third-order valence-corrected chi connectivity index (χ3v) is 4.82. The summed E-state index contributed by atoms with van der Waals surface area (Å²) < 4.78 is 0. The molecule has 2 atom stereocenters. The van der Waals surface area contributed by atoms with Gasteiger partial charge in [0, 0.05) is 32.7 Å². The summed E-state index contributed by atoms with van der Waals surface area (Å²) in [6.45, 7) is 5.61. The minimum atomic E-state index is -0.806. The molecule has 1 heterocycles. The summed E-state index contributed by atoms with van der Waals surface area (Å²) in [4.78, 5) is 26.5. The second-order valence-electron chi connectivity index (χ2n) is 6.36. The Morgan fingerprint density at radius 3 is 2.43 bits per heavy atom. The predicted octanol–water partition coefficient (Wildman–Crippen LogP) is 1.22. The summed E-state index contributed by atoms with van der Waals surface area (Å²) in [7, 11) is 0. The van der Waals surface area contributed by atoms with Gasteiger partial charge in [0.05, 0.1) is 6.54 Å². The minimum Gasteiger partial charge on any atom is -0.480 e. The van der Waals surface area contributed by atoms with E-state index in [9.17, 15) is 9.59 Å². The maximum absolute atomic E-state index is 12.2.